The average molecular weight is 337 g/mol. The number of rotatable bonds is 7. The summed E-state index contributed by atoms with van der Waals surface area (Å²) in [5.74, 6) is -0.360. The number of thiophene rings is 1. The second-order valence-corrected chi connectivity index (χ2v) is 8.44. The zero-order valence-corrected chi connectivity index (χ0v) is 14.0. The molecule has 1 atom stereocenters. The maximum absolute atomic E-state index is 12.0. The van der Waals surface area contributed by atoms with E-state index in [2.05, 4.69) is 5.32 Å². The second kappa shape index (κ2) is 7.56. The first-order chi connectivity index (χ1) is 10.4. The van der Waals surface area contributed by atoms with Crippen LogP contribution >= 0.6 is 11.3 Å². The number of nitrogens with one attached hydrogen (secondary N) is 1. The van der Waals surface area contributed by atoms with Crippen LogP contribution in [-0.2, 0) is 21.1 Å². The molecule has 0 aliphatic carbocycles. The zero-order chi connectivity index (χ0) is 16.0. The number of amides is 1. The molecule has 0 radical (unpaired) electrons. The number of sulfone groups is 1. The van der Waals surface area contributed by atoms with Crippen LogP contribution in [0.4, 0.5) is 0 Å². The highest BCUT2D eigenvalue weighted by atomic mass is 32.2. The minimum atomic E-state index is -3.13. The van der Waals surface area contributed by atoms with Gasteiger partial charge in [0, 0.05) is 17.6 Å². The van der Waals surface area contributed by atoms with E-state index in [0.29, 0.717) is 6.42 Å². The van der Waals surface area contributed by atoms with Crippen LogP contribution in [0.2, 0.25) is 0 Å². The maximum Gasteiger partial charge on any atom is 0.221 e. The van der Waals surface area contributed by atoms with Crippen LogP contribution in [0.5, 0.6) is 0 Å². The van der Waals surface area contributed by atoms with Gasteiger partial charge in [0.2, 0.25) is 5.91 Å². The highest BCUT2D eigenvalue weighted by molar-refractivity contribution is 7.90. The van der Waals surface area contributed by atoms with Gasteiger partial charge in [-0.2, -0.15) is 0 Å². The fourth-order valence-electron chi connectivity index (χ4n) is 2.11. The fraction of sp³-hybridized carbons (Fsp3) is 0.312. The van der Waals surface area contributed by atoms with Gasteiger partial charge in [-0.15, -0.1) is 11.3 Å². The van der Waals surface area contributed by atoms with E-state index in [9.17, 15) is 13.2 Å². The van der Waals surface area contributed by atoms with Gasteiger partial charge in [0.25, 0.3) is 0 Å². The standard InChI is InChI=1S/C16H19NO3S2/c1-22(19,20)11-9-16(18)17-14(15-8-5-10-21-15)12-13-6-3-2-4-7-13/h2-8,10,14H,9,11-12H2,1H3,(H,17,18). The second-order valence-electron chi connectivity index (χ2n) is 5.21. The zero-order valence-electron chi connectivity index (χ0n) is 12.4. The molecule has 0 aliphatic heterocycles. The Morgan fingerprint density at radius 2 is 1.91 bits per heavy atom. The molecule has 1 unspecified atom stereocenters. The van der Waals surface area contributed by atoms with Gasteiger partial charge in [-0.25, -0.2) is 8.42 Å². The minimum Gasteiger partial charge on any atom is -0.348 e. The minimum absolute atomic E-state index is 0.00447. The largest absolute Gasteiger partial charge is 0.348 e. The molecule has 1 aromatic carbocycles. The predicted molar refractivity (Wildman–Crippen MR) is 89.7 cm³/mol. The molecule has 22 heavy (non-hydrogen) atoms. The average Bonchev–Trinajstić information content (AvgIpc) is 2.99. The molecule has 0 bridgehead atoms. The summed E-state index contributed by atoms with van der Waals surface area (Å²) in [5.41, 5.74) is 1.13. The molecule has 118 valence electrons. The van der Waals surface area contributed by atoms with Crippen molar-refractivity contribution in [3.05, 3.63) is 58.3 Å². The van der Waals surface area contributed by atoms with E-state index in [0.717, 1.165) is 16.7 Å². The molecule has 0 saturated carbocycles. The summed E-state index contributed by atoms with van der Waals surface area (Å²) in [7, 11) is -3.13. The molecule has 0 fully saturated rings. The van der Waals surface area contributed by atoms with Gasteiger partial charge in [-0.1, -0.05) is 36.4 Å². The normalized spacial score (nSPS) is 12.8. The van der Waals surface area contributed by atoms with E-state index in [1.54, 1.807) is 11.3 Å². The molecule has 2 aromatic rings. The molecule has 0 aliphatic rings. The van der Waals surface area contributed by atoms with Crippen LogP contribution in [0, 0.1) is 0 Å². The van der Waals surface area contributed by atoms with Crippen molar-refractivity contribution < 1.29 is 13.2 Å². The van der Waals surface area contributed by atoms with E-state index in [4.69, 9.17) is 0 Å². The fourth-order valence-corrected chi connectivity index (χ4v) is 3.44. The number of carbonyl (C=O) groups is 1. The van der Waals surface area contributed by atoms with Crippen molar-refractivity contribution in [2.75, 3.05) is 12.0 Å². The number of hydrogen-bond donors (Lipinski definition) is 1. The van der Waals surface area contributed by atoms with Crippen molar-refractivity contribution in [1.29, 1.82) is 0 Å². The summed E-state index contributed by atoms with van der Waals surface area (Å²) >= 11 is 1.58. The lowest BCUT2D eigenvalue weighted by Gasteiger charge is -2.17. The lowest BCUT2D eigenvalue weighted by molar-refractivity contribution is -0.121. The van der Waals surface area contributed by atoms with E-state index < -0.39 is 9.84 Å². The molecular formula is C16H19NO3S2. The molecule has 1 N–H and O–H groups in total. The SMILES string of the molecule is CS(=O)(=O)CCC(=O)NC(Cc1ccccc1)c1cccs1. The van der Waals surface area contributed by atoms with E-state index in [-0.39, 0.29) is 24.1 Å². The topological polar surface area (TPSA) is 63.2 Å². The molecule has 1 amide bonds. The van der Waals surface area contributed by atoms with Crippen LogP contribution in [0.25, 0.3) is 0 Å². The van der Waals surface area contributed by atoms with Crippen molar-refractivity contribution in [3.63, 3.8) is 0 Å². The number of carbonyl (C=O) groups excluding carboxylic acids is 1. The molecule has 4 nitrogen and oxygen atoms in total. The van der Waals surface area contributed by atoms with Crippen molar-refractivity contribution in [1.82, 2.24) is 5.32 Å². The quantitative estimate of drug-likeness (QED) is 0.844. The van der Waals surface area contributed by atoms with Gasteiger partial charge >= 0.3 is 0 Å². The van der Waals surface area contributed by atoms with Crippen LogP contribution < -0.4 is 5.32 Å². The van der Waals surface area contributed by atoms with Gasteiger partial charge in [0.15, 0.2) is 0 Å². The highest BCUT2D eigenvalue weighted by Gasteiger charge is 2.17. The molecule has 0 spiro atoms. The molecule has 1 heterocycles. The molecule has 1 aromatic heterocycles. The Bertz CT molecular complexity index is 694. The van der Waals surface area contributed by atoms with Crippen molar-refractivity contribution in [2.45, 2.75) is 18.9 Å². The third kappa shape index (κ3) is 5.61. The van der Waals surface area contributed by atoms with Gasteiger partial charge in [0.1, 0.15) is 9.84 Å². The Labute approximate surface area is 135 Å². The molecule has 6 heteroatoms. The van der Waals surface area contributed by atoms with Crippen LogP contribution in [0.3, 0.4) is 0 Å². The Hall–Kier alpha value is -1.66. The third-order valence-corrected chi connectivity index (χ3v) is 5.14. The lowest BCUT2D eigenvalue weighted by Crippen LogP contribution is -2.30. The lowest BCUT2D eigenvalue weighted by atomic mass is 10.0. The summed E-state index contributed by atoms with van der Waals surface area (Å²) in [6.07, 6.45) is 1.82. The molecule has 0 saturated heterocycles. The first kappa shape index (κ1) is 16.7. The van der Waals surface area contributed by atoms with Gasteiger partial charge in [-0.3, -0.25) is 4.79 Å². The summed E-state index contributed by atoms with van der Waals surface area (Å²) in [5, 5.41) is 4.92. The third-order valence-electron chi connectivity index (χ3n) is 3.20. The van der Waals surface area contributed by atoms with E-state index in [1.165, 1.54) is 0 Å². The summed E-state index contributed by atoms with van der Waals surface area (Å²) < 4.78 is 22.3. The number of benzene rings is 1. The van der Waals surface area contributed by atoms with Crippen molar-refractivity contribution in [2.24, 2.45) is 0 Å². The van der Waals surface area contributed by atoms with Gasteiger partial charge in [-0.05, 0) is 23.4 Å². The predicted octanol–water partition coefficient (Wildman–Crippen LogP) is 2.58. The van der Waals surface area contributed by atoms with Crippen LogP contribution in [-0.4, -0.2) is 26.3 Å². The van der Waals surface area contributed by atoms with E-state index >= 15 is 0 Å². The molecular weight excluding hydrogens is 318 g/mol. The van der Waals surface area contributed by atoms with Crippen molar-refractivity contribution >= 4 is 27.1 Å². The smallest absolute Gasteiger partial charge is 0.221 e. The maximum atomic E-state index is 12.0. The molecule has 2 rings (SSSR count). The summed E-state index contributed by atoms with van der Waals surface area (Å²) in [6.45, 7) is 0. The van der Waals surface area contributed by atoms with Crippen LogP contribution in [0.15, 0.2) is 47.8 Å². The monoisotopic (exact) mass is 337 g/mol. The first-order valence-corrected chi connectivity index (χ1v) is 9.92. The van der Waals surface area contributed by atoms with Gasteiger partial charge in [0.05, 0.1) is 11.8 Å². The summed E-state index contributed by atoms with van der Waals surface area (Å²) in [6, 6.07) is 13.7. The number of hydrogen-bond acceptors (Lipinski definition) is 4. The van der Waals surface area contributed by atoms with Crippen molar-refractivity contribution in [3.8, 4) is 0 Å². The Morgan fingerprint density at radius 3 is 2.50 bits per heavy atom. The Kier molecular flexibility index (Phi) is 5.74. The first-order valence-electron chi connectivity index (χ1n) is 6.98. The van der Waals surface area contributed by atoms with Gasteiger partial charge < -0.3 is 5.32 Å². The Balaban J connectivity index is 2.04. The summed E-state index contributed by atoms with van der Waals surface area (Å²) in [4.78, 5) is 13.1. The van der Waals surface area contributed by atoms with Crippen LogP contribution in [0.1, 0.15) is 22.9 Å². The van der Waals surface area contributed by atoms with E-state index in [1.807, 2.05) is 47.8 Å². The Morgan fingerprint density at radius 1 is 1.18 bits per heavy atom. The highest BCUT2D eigenvalue weighted by Crippen LogP contribution is 2.23.